The molecule has 1 amide bonds. The topological polar surface area (TPSA) is 79.6 Å². The molecule has 2 aliphatic heterocycles. The highest BCUT2D eigenvalue weighted by molar-refractivity contribution is 5.81. The highest BCUT2D eigenvalue weighted by Gasteiger charge is 2.31. The molecule has 1 aromatic carbocycles. The van der Waals surface area contributed by atoms with E-state index in [9.17, 15) is 9.90 Å². The van der Waals surface area contributed by atoms with Gasteiger partial charge >= 0.3 is 0 Å². The summed E-state index contributed by atoms with van der Waals surface area (Å²) in [6.07, 6.45) is 0.718. The Morgan fingerprint density at radius 1 is 1.40 bits per heavy atom. The van der Waals surface area contributed by atoms with Gasteiger partial charge in [0.15, 0.2) is 6.10 Å². The van der Waals surface area contributed by atoms with Crippen molar-refractivity contribution in [3.8, 4) is 5.75 Å². The van der Waals surface area contributed by atoms with Crippen molar-refractivity contribution in [1.82, 2.24) is 20.0 Å². The number of benzene rings is 1. The van der Waals surface area contributed by atoms with Crippen molar-refractivity contribution in [2.24, 2.45) is 0 Å². The van der Waals surface area contributed by atoms with Gasteiger partial charge in [0, 0.05) is 37.2 Å². The SMILES string of the molecule is CN1CCn2ncc(CNC(=O)[C@@H]3C[C@H](O)c4ccccc4O3)c2C1. The van der Waals surface area contributed by atoms with Crippen molar-refractivity contribution in [2.75, 3.05) is 13.6 Å². The number of ether oxygens (including phenoxy) is 1. The first kappa shape index (κ1) is 16.1. The number of carbonyl (C=O) groups is 1. The van der Waals surface area contributed by atoms with Crippen LogP contribution in [0.3, 0.4) is 0 Å². The predicted molar refractivity (Wildman–Crippen MR) is 90.8 cm³/mol. The maximum absolute atomic E-state index is 12.5. The molecule has 2 N–H and O–H groups in total. The summed E-state index contributed by atoms with van der Waals surface area (Å²) >= 11 is 0. The molecule has 1 aromatic heterocycles. The Morgan fingerprint density at radius 3 is 3.12 bits per heavy atom. The Labute approximate surface area is 146 Å². The second-order valence-electron chi connectivity index (χ2n) is 6.69. The summed E-state index contributed by atoms with van der Waals surface area (Å²) in [5.74, 6) is 0.364. The van der Waals surface area contributed by atoms with Crippen molar-refractivity contribution in [3.63, 3.8) is 0 Å². The van der Waals surface area contributed by atoms with E-state index in [1.165, 1.54) is 0 Å². The van der Waals surface area contributed by atoms with Gasteiger partial charge in [-0.05, 0) is 13.1 Å². The number of aromatic nitrogens is 2. The maximum Gasteiger partial charge on any atom is 0.261 e. The quantitative estimate of drug-likeness (QED) is 0.864. The summed E-state index contributed by atoms with van der Waals surface area (Å²) < 4.78 is 7.76. The molecule has 0 saturated heterocycles. The van der Waals surface area contributed by atoms with Crippen molar-refractivity contribution >= 4 is 5.91 Å². The summed E-state index contributed by atoms with van der Waals surface area (Å²) in [5.41, 5.74) is 2.90. The molecule has 7 nitrogen and oxygen atoms in total. The Morgan fingerprint density at radius 2 is 2.24 bits per heavy atom. The van der Waals surface area contributed by atoms with Crippen molar-refractivity contribution < 1.29 is 14.6 Å². The Balaban J connectivity index is 1.41. The molecule has 25 heavy (non-hydrogen) atoms. The highest BCUT2D eigenvalue weighted by atomic mass is 16.5. The predicted octanol–water partition coefficient (Wildman–Crippen LogP) is 0.829. The molecule has 2 atom stereocenters. The van der Waals surface area contributed by atoms with Crippen LogP contribution in [0.4, 0.5) is 0 Å². The van der Waals surface area contributed by atoms with Crippen molar-refractivity contribution in [3.05, 3.63) is 47.3 Å². The molecular formula is C18H22N4O3. The third kappa shape index (κ3) is 3.12. The number of fused-ring (bicyclic) bond motifs is 2. The van der Waals surface area contributed by atoms with E-state index in [1.54, 1.807) is 6.07 Å². The van der Waals surface area contributed by atoms with Crippen LogP contribution in [-0.2, 0) is 24.4 Å². The average Bonchev–Trinajstić information content (AvgIpc) is 3.01. The van der Waals surface area contributed by atoms with Gasteiger partial charge in [0.2, 0.25) is 0 Å². The summed E-state index contributed by atoms with van der Waals surface area (Å²) in [4.78, 5) is 14.7. The third-order valence-electron chi connectivity index (χ3n) is 4.88. The Kier molecular flexibility index (Phi) is 4.19. The van der Waals surface area contributed by atoms with Gasteiger partial charge in [0.05, 0.1) is 24.5 Å². The van der Waals surface area contributed by atoms with E-state index < -0.39 is 12.2 Å². The lowest BCUT2D eigenvalue weighted by Gasteiger charge is -2.28. The van der Waals surface area contributed by atoms with Gasteiger partial charge in [-0.2, -0.15) is 5.10 Å². The molecule has 0 bridgehead atoms. The van der Waals surface area contributed by atoms with E-state index >= 15 is 0 Å². The highest BCUT2D eigenvalue weighted by Crippen LogP contribution is 2.34. The van der Waals surface area contributed by atoms with E-state index in [0.717, 1.165) is 36.5 Å². The number of amides is 1. The molecule has 132 valence electrons. The van der Waals surface area contributed by atoms with Crippen LogP contribution >= 0.6 is 0 Å². The number of para-hydroxylation sites is 1. The number of aliphatic hydroxyl groups excluding tert-OH is 1. The van der Waals surface area contributed by atoms with Crippen LogP contribution in [0.15, 0.2) is 30.5 Å². The van der Waals surface area contributed by atoms with Crippen molar-refractivity contribution in [2.45, 2.75) is 38.3 Å². The lowest BCUT2D eigenvalue weighted by atomic mass is 9.98. The summed E-state index contributed by atoms with van der Waals surface area (Å²) in [6.45, 7) is 3.10. The number of nitrogens with zero attached hydrogens (tertiary/aromatic N) is 3. The number of hydrogen-bond donors (Lipinski definition) is 2. The molecule has 4 rings (SSSR count). The third-order valence-corrected chi connectivity index (χ3v) is 4.88. The zero-order valence-corrected chi connectivity index (χ0v) is 14.2. The molecule has 0 radical (unpaired) electrons. The molecule has 3 heterocycles. The second-order valence-corrected chi connectivity index (χ2v) is 6.69. The standard InChI is InChI=1S/C18H22N4O3/c1-21-6-7-22-14(11-21)12(10-20-22)9-19-18(24)17-8-15(23)13-4-2-3-5-16(13)25-17/h2-5,10,15,17,23H,6-9,11H2,1H3,(H,19,24)/t15-,17-/m0/s1. The first-order valence-corrected chi connectivity index (χ1v) is 8.55. The molecule has 0 spiro atoms. The lowest BCUT2D eigenvalue weighted by molar-refractivity contribution is -0.130. The molecule has 7 heteroatoms. The molecule has 0 saturated carbocycles. The zero-order chi connectivity index (χ0) is 17.4. The smallest absolute Gasteiger partial charge is 0.261 e. The van der Waals surface area contributed by atoms with E-state index in [4.69, 9.17) is 4.74 Å². The van der Waals surface area contributed by atoms with Crippen LogP contribution in [0, 0.1) is 0 Å². The largest absolute Gasteiger partial charge is 0.480 e. The number of likely N-dealkylation sites (N-methyl/N-ethyl adjacent to an activating group) is 1. The normalized spacial score (nSPS) is 22.6. The number of carbonyl (C=O) groups excluding carboxylic acids is 1. The minimum atomic E-state index is -0.682. The van der Waals surface area contributed by atoms with Crippen LogP contribution in [-0.4, -0.2) is 45.4 Å². The number of hydrogen-bond acceptors (Lipinski definition) is 5. The fourth-order valence-corrected chi connectivity index (χ4v) is 3.42. The maximum atomic E-state index is 12.5. The van der Waals surface area contributed by atoms with Gasteiger partial charge in [-0.3, -0.25) is 14.4 Å². The average molecular weight is 342 g/mol. The van der Waals surface area contributed by atoms with E-state index in [2.05, 4.69) is 22.4 Å². The molecule has 2 aliphatic rings. The van der Waals surface area contributed by atoms with Gasteiger partial charge in [-0.25, -0.2) is 0 Å². The van der Waals surface area contributed by atoms with Gasteiger partial charge in [-0.15, -0.1) is 0 Å². The first-order chi connectivity index (χ1) is 12.1. The minimum absolute atomic E-state index is 0.210. The molecule has 0 unspecified atom stereocenters. The monoisotopic (exact) mass is 342 g/mol. The number of nitrogens with one attached hydrogen (secondary N) is 1. The summed E-state index contributed by atoms with van der Waals surface area (Å²) in [5, 5.41) is 17.6. The van der Waals surface area contributed by atoms with E-state index in [1.807, 2.05) is 29.1 Å². The Hall–Kier alpha value is -2.38. The van der Waals surface area contributed by atoms with Crippen LogP contribution < -0.4 is 10.1 Å². The van der Waals surface area contributed by atoms with Crippen LogP contribution in [0.2, 0.25) is 0 Å². The van der Waals surface area contributed by atoms with Crippen LogP contribution in [0.5, 0.6) is 5.75 Å². The number of aliphatic hydroxyl groups is 1. The fourth-order valence-electron chi connectivity index (χ4n) is 3.42. The van der Waals surface area contributed by atoms with Crippen LogP contribution in [0.1, 0.15) is 29.3 Å². The number of rotatable bonds is 3. The Bertz CT molecular complexity index is 788. The molecular weight excluding hydrogens is 320 g/mol. The molecule has 0 fully saturated rings. The summed E-state index contributed by atoms with van der Waals surface area (Å²) in [6, 6.07) is 7.29. The van der Waals surface area contributed by atoms with Gasteiger partial charge in [0.1, 0.15) is 5.75 Å². The lowest BCUT2D eigenvalue weighted by Crippen LogP contribution is -2.41. The molecule has 2 aromatic rings. The van der Waals surface area contributed by atoms with E-state index in [0.29, 0.717) is 12.3 Å². The minimum Gasteiger partial charge on any atom is -0.480 e. The van der Waals surface area contributed by atoms with E-state index in [-0.39, 0.29) is 12.3 Å². The van der Waals surface area contributed by atoms with Gasteiger partial charge in [-0.1, -0.05) is 18.2 Å². The molecule has 0 aliphatic carbocycles. The van der Waals surface area contributed by atoms with Crippen LogP contribution in [0.25, 0.3) is 0 Å². The second kappa shape index (κ2) is 6.50. The summed E-state index contributed by atoms with van der Waals surface area (Å²) in [7, 11) is 2.08. The zero-order valence-electron chi connectivity index (χ0n) is 14.2. The van der Waals surface area contributed by atoms with Gasteiger partial charge < -0.3 is 15.2 Å². The first-order valence-electron chi connectivity index (χ1n) is 8.55. The van der Waals surface area contributed by atoms with Crippen molar-refractivity contribution in [1.29, 1.82) is 0 Å². The fraction of sp³-hybridized carbons (Fsp3) is 0.444. The van der Waals surface area contributed by atoms with Gasteiger partial charge in [0.25, 0.3) is 5.91 Å².